The third-order valence-electron chi connectivity index (χ3n) is 1.86. The van der Waals surface area contributed by atoms with Crippen molar-refractivity contribution in [2.45, 2.75) is 12.2 Å². The Labute approximate surface area is 70.1 Å². The van der Waals surface area contributed by atoms with Crippen molar-refractivity contribution in [2.24, 2.45) is 0 Å². The number of carbonyl (C=O) groups is 2. The minimum Gasteiger partial charge on any atom is -0.346 e. The Hall–Kier alpha value is -1.00. The number of hydrogen-bond acceptors (Lipinski definition) is 4. The smallest absolute Gasteiger partial charge is 0.240 e. The van der Waals surface area contributed by atoms with Gasteiger partial charge in [0.1, 0.15) is 0 Å². The first-order chi connectivity index (χ1) is 5.64. The van der Waals surface area contributed by atoms with Crippen molar-refractivity contribution >= 4 is 11.6 Å². The fraction of sp³-hybridized carbons (Fsp3) is 0.500. The molecule has 0 saturated heterocycles. The van der Waals surface area contributed by atoms with Gasteiger partial charge >= 0.3 is 0 Å². The Morgan fingerprint density at radius 2 is 1.83 bits per heavy atom. The predicted octanol–water partition coefficient (Wildman–Crippen LogP) is 0.0736. The van der Waals surface area contributed by atoms with E-state index in [9.17, 15) is 9.59 Å². The SMILES string of the molecule is COC1(OC)CC(=O)C=CC1=O. The van der Waals surface area contributed by atoms with E-state index < -0.39 is 5.79 Å². The molecule has 12 heavy (non-hydrogen) atoms. The molecular weight excluding hydrogens is 160 g/mol. The van der Waals surface area contributed by atoms with Gasteiger partial charge in [0.2, 0.25) is 11.6 Å². The summed E-state index contributed by atoms with van der Waals surface area (Å²) in [5.74, 6) is -1.88. The average Bonchev–Trinajstić information content (AvgIpc) is 2.09. The summed E-state index contributed by atoms with van der Waals surface area (Å²) in [7, 11) is 2.68. The molecule has 4 nitrogen and oxygen atoms in total. The molecule has 0 atom stereocenters. The summed E-state index contributed by atoms with van der Waals surface area (Å²) in [4.78, 5) is 22.2. The normalized spacial score (nSPS) is 21.5. The van der Waals surface area contributed by atoms with E-state index in [1.54, 1.807) is 0 Å². The van der Waals surface area contributed by atoms with Crippen molar-refractivity contribution in [3.05, 3.63) is 12.2 Å². The van der Waals surface area contributed by atoms with Crippen molar-refractivity contribution in [3.8, 4) is 0 Å². The third-order valence-corrected chi connectivity index (χ3v) is 1.86. The largest absolute Gasteiger partial charge is 0.346 e. The second-order valence-electron chi connectivity index (χ2n) is 2.50. The number of carbonyl (C=O) groups excluding carboxylic acids is 2. The molecule has 1 aliphatic rings. The first kappa shape index (κ1) is 9.09. The average molecular weight is 170 g/mol. The van der Waals surface area contributed by atoms with Crippen molar-refractivity contribution in [1.29, 1.82) is 0 Å². The maximum absolute atomic E-state index is 11.2. The van der Waals surface area contributed by atoms with E-state index in [1.165, 1.54) is 26.4 Å². The van der Waals surface area contributed by atoms with Crippen LogP contribution >= 0.6 is 0 Å². The highest BCUT2D eigenvalue weighted by Crippen LogP contribution is 2.22. The summed E-state index contributed by atoms with van der Waals surface area (Å²) in [5.41, 5.74) is 0. The fourth-order valence-electron chi connectivity index (χ4n) is 1.10. The molecular formula is C8H10O4. The van der Waals surface area contributed by atoms with Crippen molar-refractivity contribution < 1.29 is 19.1 Å². The van der Waals surface area contributed by atoms with Gasteiger partial charge in [0, 0.05) is 14.2 Å². The lowest BCUT2D eigenvalue weighted by Gasteiger charge is -2.28. The minimum atomic E-state index is -1.38. The van der Waals surface area contributed by atoms with Gasteiger partial charge in [0.15, 0.2) is 5.78 Å². The van der Waals surface area contributed by atoms with Gasteiger partial charge in [-0.05, 0) is 12.2 Å². The zero-order valence-corrected chi connectivity index (χ0v) is 6.99. The monoisotopic (exact) mass is 170 g/mol. The fourth-order valence-corrected chi connectivity index (χ4v) is 1.10. The molecule has 1 aliphatic carbocycles. The summed E-state index contributed by atoms with van der Waals surface area (Å²) in [6.45, 7) is 0. The van der Waals surface area contributed by atoms with Crippen LogP contribution in [0.1, 0.15) is 6.42 Å². The van der Waals surface area contributed by atoms with Crippen LogP contribution in [0, 0.1) is 0 Å². The number of ether oxygens (including phenoxy) is 2. The zero-order chi connectivity index (χ0) is 9.19. The lowest BCUT2D eigenvalue weighted by atomic mass is 9.98. The maximum atomic E-state index is 11.2. The lowest BCUT2D eigenvalue weighted by molar-refractivity contribution is -0.206. The summed E-state index contributed by atoms with van der Waals surface area (Å²) in [6.07, 6.45) is 2.37. The molecule has 0 aromatic rings. The molecule has 0 unspecified atom stereocenters. The summed E-state index contributed by atoms with van der Waals surface area (Å²) in [5, 5.41) is 0. The van der Waals surface area contributed by atoms with E-state index in [0.29, 0.717) is 0 Å². The van der Waals surface area contributed by atoms with Crippen LogP contribution in [-0.2, 0) is 19.1 Å². The Morgan fingerprint density at radius 3 is 2.25 bits per heavy atom. The van der Waals surface area contributed by atoms with Crippen LogP contribution in [0.15, 0.2) is 12.2 Å². The van der Waals surface area contributed by atoms with Crippen LogP contribution in [0.2, 0.25) is 0 Å². The van der Waals surface area contributed by atoms with Gasteiger partial charge in [0.25, 0.3) is 0 Å². The predicted molar refractivity (Wildman–Crippen MR) is 40.5 cm³/mol. The van der Waals surface area contributed by atoms with Crippen molar-refractivity contribution in [1.82, 2.24) is 0 Å². The number of hydrogen-bond donors (Lipinski definition) is 0. The molecule has 0 spiro atoms. The Kier molecular flexibility index (Phi) is 2.40. The van der Waals surface area contributed by atoms with Gasteiger partial charge in [0.05, 0.1) is 6.42 Å². The van der Waals surface area contributed by atoms with Crippen LogP contribution in [0.3, 0.4) is 0 Å². The van der Waals surface area contributed by atoms with Gasteiger partial charge in [-0.25, -0.2) is 0 Å². The number of ketones is 2. The van der Waals surface area contributed by atoms with E-state index >= 15 is 0 Å². The van der Waals surface area contributed by atoms with Crippen LogP contribution < -0.4 is 0 Å². The van der Waals surface area contributed by atoms with Crippen LogP contribution in [0.25, 0.3) is 0 Å². The van der Waals surface area contributed by atoms with Gasteiger partial charge in [-0.3, -0.25) is 9.59 Å². The number of rotatable bonds is 2. The molecule has 0 aliphatic heterocycles. The van der Waals surface area contributed by atoms with E-state index in [2.05, 4.69) is 0 Å². The van der Waals surface area contributed by atoms with Crippen LogP contribution in [-0.4, -0.2) is 31.6 Å². The second kappa shape index (κ2) is 3.16. The highest BCUT2D eigenvalue weighted by molar-refractivity contribution is 6.08. The van der Waals surface area contributed by atoms with Gasteiger partial charge in [-0.1, -0.05) is 0 Å². The Balaban J connectivity index is 2.96. The summed E-state index contributed by atoms with van der Waals surface area (Å²) >= 11 is 0. The number of methoxy groups -OCH3 is 2. The highest BCUT2D eigenvalue weighted by Gasteiger charge is 2.41. The van der Waals surface area contributed by atoms with E-state index in [0.717, 1.165) is 0 Å². The molecule has 0 N–H and O–H groups in total. The molecule has 0 bridgehead atoms. The maximum Gasteiger partial charge on any atom is 0.240 e. The van der Waals surface area contributed by atoms with Gasteiger partial charge < -0.3 is 9.47 Å². The molecule has 4 heteroatoms. The quantitative estimate of drug-likeness (QED) is 0.550. The standard InChI is InChI=1S/C8H10O4/c1-11-8(12-2)5-6(9)3-4-7(8)10/h3-4H,5H2,1-2H3. The van der Waals surface area contributed by atoms with E-state index in [1.807, 2.05) is 0 Å². The molecule has 0 aromatic carbocycles. The second-order valence-corrected chi connectivity index (χ2v) is 2.50. The van der Waals surface area contributed by atoms with E-state index in [4.69, 9.17) is 9.47 Å². The molecule has 0 amide bonds. The van der Waals surface area contributed by atoms with Crippen molar-refractivity contribution in [3.63, 3.8) is 0 Å². The Bertz CT molecular complexity index is 237. The zero-order valence-electron chi connectivity index (χ0n) is 6.99. The van der Waals surface area contributed by atoms with Gasteiger partial charge in [-0.2, -0.15) is 0 Å². The topological polar surface area (TPSA) is 52.6 Å². The summed E-state index contributed by atoms with van der Waals surface area (Å²) in [6, 6.07) is 0. The highest BCUT2D eigenvalue weighted by atomic mass is 16.7. The molecule has 0 heterocycles. The lowest BCUT2D eigenvalue weighted by Crippen LogP contribution is -2.45. The minimum absolute atomic E-state index is 0.0463. The molecule has 0 saturated carbocycles. The van der Waals surface area contributed by atoms with Crippen LogP contribution in [0.4, 0.5) is 0 Å². The Morgan fingerprint density at radius 1 is 1.25 bits per heavy atom. The van der Waals surface area contributed by atoms with Crippen molar-refractivity contribution in [2.75, 3.05) is 14.2 Å². The third kappa shape index (κ3) is 1.31. The molecule has 0 radical (unpaired) electrons. The van der Waals surface area contributed by atoms with E-state index in [-0.39, 0.29) is 18.0 Å². The molecule has 66 valence electrons. The van der Waals surface area contributed by atoms with Gasteiger partial charge in [-0.15, -0.1) is 0 Å². The molecule has 1 rings (SSSR count). The molecule has 0 aromatic heterocycles. The van der Waals surface area contributed by atoms with Crippen LogP contribution in [0.5, 0.6) is 0 Å². The molecule has 0 fully saturated rings. The first-order valence-corrected chi connectivity index (χ1v) is 3.50. The number of allylic oxidation sites excluding steroid dienone is 1. The first-order valence-electron chi connectivity index (χ1n) is 3.50. The summed E-state index contributed by atoms with van der Waals surface area (Å²) < 4.78 is 9.73.